The van der Waals surface area contributed by atoms with Gasteiger partial charge in [-0.05, 0) is 34.5 Å². The molecule has 0 aliphatic heterocycles. The van der Waals surface area contributed by atoms with Crippen LogP contribution in [0.1, 0.15) is 5.56 Å². The van der Waals surface area contributed by atoms with Gasteiger partial charge in [-0.3, -0.25) is 0 Å². The summed E-state index contributed by atoms with van der Waals surface area (Å²) in [5, 5.41) is 4.47. The number of nitrogens with zero attached hydrogens (tertiary/aromatic N) is 2. The SMILES string of the molecule is C=c1cnc2nccc3ccc(C)c1c32. The Hall–Kier alpha value is -1.96. The summed E-state index contributed by atoms with van der Waals surface area (Å²) in [6, 6.07) is 6.23. The fraction of sp³-hybridized carbons (Fsp3) is 0.0769. The molecule has 0 spiro atoms. The molecule has 72 valence electrons. The Morgan fingerprint density at radius 1 is 1.07 bits per heavy atom. The average molecular weight is 194 g/mol. The van der Waals surface area contributed by atoms with E-state index in [1.165, 1.54) is 16.3 Å². The van der Waals surface area contributed by atoms with Crippen LogP contribution in [0.25, 0.3) is 28.4 Å². The normalized spacial score (nSPS) is 11.3. The third kappa shape index (κ3) is 1.05. The number of hydrogen-bond acceptors (Lipinski definition) is 2. The second-order valence-corrected chi connectivity index (χ2v) is 3.77. The van der Waals surface area contributed by atoms with Crippen molar-refractivity contribution in [2.24, 2.45) is 0 Å². The lowest BCUT2D eigenvalue weighted by atomic mass is 10.0. The van der Waals surface area contributed by atoms with Crippen LogP contribution in [0.2, 0.25) is 0 Å². The van der Waals surface area contributed by atoms with E-state index in [2.05, 4.69) is 35.6 Å². The van der Waals surface area contributed by atoms with E-state index >= 15 is 0 Å². The zero-order valence-corrected chi connectivity index (χ0v) is 8.49. The maximum atomic E-state index is 4.30. The lowest BCUT2D eigenvalue weighted by Crippen LogP contribution is -2.04. The Bertz CT molecular complexity index is 685. The van der Waals surface area contributed by atoms with Crippen LogP contribution in [0, 0.1) is 6.92 Å². The maximum absolute atomic E-state index is 4.30. The highest BCUT2D eigenvalue weighted by atomic mass is 14.8. The third-order valence-electron chi connectivity index (χ3n) is 2.78. The van der Waals surface area contributed by atoms with Crippen LogP contribution in [0.3, 0.4) is 0 Å². The fourth-order valence-electron chi connectivity index (χ4n) is 2.07. The number of aromatic nitrogens is 2. The second-order valence-electron chi connectivity index (χ2n) is 3.77. The van der Waals surface area contributed by atoms with Gasteiger partial charge in [0.2, 0.25) is 0 Å². The van der Waals surface area contributed by atoms with Crippen LogP contribution in [0.4, 0.5) is 0 Å². The van der Waals surface area contributed by atoms with E-state index in [-0.39, 0.29) is 0 Å². The quantitative estimate of drug-likeness (QED) is 0.548. The molecule has 0 radical (unpaired) electrons. The minimum absolute atomic E-state index is 0.804. The summed E-state index contributed by atoms with van der Waals surface area (Å²) in [5.41, 5.74) is 2.03. The Balaban J connectivity index is 2.79. The Kier molecular flexibility index (Phi) is 1.54. The van der Waals surface area contributed by atoms with E-state index in [9.17, 15) is 0 Å². The molecule has 0 atom stereocenters. The second kappa shape index (κ2) is 2.76. The van der Waals surface area contributed by atoms with Crippen LogP contribution >= 0.6 is 0 Å². The first-order chi connectivity index (χ1) is 7.27. The highest BCUT2D eigenvalue weighted by Crippen LogP contribution is 2.23. The summed E-state index contributed by atoms with van der Waals surface area (Å²) in [6.07, 6.45) is 3.58. The summed E-state index contributed by atoms with van der Waals surface area (Å²) >= 11 is 0. The van der Waals surface area contributed by atoms with Crippen LogP contribution < -0.4 is 5.22 Å². The number of benzene rings is 1. The first-order valence-corrected chi connectivity index (χ1v) is 4.89. The number of hydrogen-bond donors (Lipinski definition) is 0. The molecule has 0 bridgehead atoms. The van der Waals surface area contributed by atoms with Gasteiger partial charge >= 0.3 is 0 Å². The first-order valence-electron chi connectivity index (χ1n) is 4.89. The third-order valence-corrected chi connectivity index (χ3v) is 2.78. The molecule has 0 unspecified atom stereocenters. The Labute approximate surface area is 87.3 Å². The van der Waals surface area contributed by atoms with Gasteiger partial charge in [0, 0.05) is 17.8 Å². The highest BCUT2D eigenvalue weighted by molar-refractivity contribution is 6.08. The minimum atomic E-state index is 0.804. The molecular formula is C13H10N2. The molecule has 0 fully saturated rings. The van der Waals surface area contributed by atoms with Crippen molar-refractivity contribution in [2.75, 3.05) is 0 Å². The van der Waals surface area contributed by atoms with Gasteiger partial charge in [0.1, 0.15) is 0 Å². The van der Waals surface area contributed by atoms with E-state index < -0.39 is 0 Å². The molecule has 15 heavy (non-hydrogen) atoms. The van der Waals surface area contributed by atoms with Crippen molar-refractivity contribution < 1.29 is 0 Å². The van der Waals surface area contributed by atoms with Crippen molar-refractivity contribution >= 4 is 28.4 Å². The number of aryl methyl sites for hydroxylation is 1. The molecular weight excluding hydrogens is 184 g/mol. The average Bonchev–Trinajstić information content (AvgIpc) is 2.25. The van der Waals surface area contributed by atoms with Gasteiger partial charge < -0.3 is 0 Å². The molecule has 0 aliphatic rings. The van der Waals surface area contributed by atoms with Crippen molar-refractivity contribution in [1.82, 2.24) is 9.97 Å². The number of rotatable bonds is 0. The van der Waals surface area contributed by atoms with Crippen molar-refractivity contribution in [1.29, 1.82) is 0 Å². The Morgan fingerprint density at radius 3 is 2.80 bits per heavy atom. The zero-order valence-electron chi connectivity index (χ0n) is 8.49. The topological polar surface area (TPSA) is 25.8 Å². The minimum Gasteiger partial charge on any atom is -0.237 e. The summed E-state index contributed by atoms with van der Waals surface area (Å²) in [6.45, 7) is 6.12. The lowest BCUT2D eigenvalue weighted by molar-refractivity contribution is 1.28. The van der Waals surface area contributed by atoms with Gasteiger partial charge in [0.05, 0.1) is 0 Å². The Morgan fingerprint density at radius 2 is 1.93 bits per heavy atom. The fourth-order valence-corrected chi connectivity index (χ4v) is 2.07. The van der Waals surface area contributed by atoms with Gasteiger partial charge in [-0.2, -0.15) is 0 Å². The molecule has 0 N–H and O–H groups in total. The summed E-state index contributed by atoms with van der Waals surface area (Å²) in [7, 11) is 0. The van der Waals surface area contributed by atoms with Crippen LogP contribution in [0.15, 0.2) is 30.6 Å². The van der Waals surface area contributed by atoms with Gasteiger partial charge in [-0.25, -0.2) is 9.97 Å². The van der Waals surface area contributed by atoms with Crippen molar-refractivity contribution in [2.45, 2.75) is 6.92 Å². The standard InChI is InChI=1S/C13H10N2/c1-8-3-4-10-5-6-14-13-12(10)11(8)9(2)7-15-13/h3-7H,2H2,1H3. The molecule has 2 aromatic heterocycles. The number of pyridine rings is 2. The smallest absolute Gasteiger partial charge is 0.160 e. The van der Waals surface area contributed by atoms with E-state index in [0.717, 1.165) is 16.3 Å². The van der Waals surface area contributed by atoms with E-state index in [1.807, 2.05) is 6.07 Å². The first kappa shape index (κ1) is 8.36. The van der Waals surface area contributed by atoms with Crippen LogP contribution in [0.5, 0.6) is 0 Å². The zero-order chi connectivity index (χ0) is 10.4. The lowest BCUT2D eigenvalue weighted by Gasteiger charge is -2.06. The molecule has 0 amide bonds. The molecule has 0 aliphatic carbocycles. The summed E-state index contributed by atoms with van der Waals surface area (Å²) < 4.78 is 0. The van der Waals surface area contributed by atoms with Gasteiger partial charge in [-0.1, -0.05) is 18.7 Å². The molecule has 2 heteroatoms. The molecule has 0 saturated carbocycles. The predicted octanol–water partition coefficient (Wildman–Crippen LogP) is 2.22. The van der Waals surface area contributed by atoms with Gasteiger partial charge in [0.25, 0.3) is 0 Å². The molecule has 0 saturated heterocycles. The molecule has 2 nitrogen and oxygen atoms in total. The van der Waals surface area contributed by atoms with Gasteiger partial charge in [-0.15, -0.1) is 0 Å². The van der Waals surface area contributed by atoms with E-state index in [4.69, 9.17) is 0 Å². The molecule has 3 aromatic rings. The van der Waals surface area contributed by atoms with Crippen molar-refractivity contribution in [3.05, 3.63) is 41.4 Å². The van der Waals surface area contributed by atoms with Gasteiger partial charge in [0.15, 0.2) is 5.65 Å². The predicted molar refractivity (Wildman–Crippen MR) is 62.5 cm³/mol. The van der Waals surface area contributed by atoms with E-state index in [1.54, 1.807) is 12.4 Å². The highest BCUT2D eigenvalue weighted by Gasteiger charge is 2.05. The summed E-state index contributed by atoms with van der Waals surface area (Å²) in [5.74, 6) is 0. The van der Waals surface area contributed by atoms with E-state index in [0.29, 0.717) is 0 Å². The summed E-state index contributed by atoms with van der Waals surface area (Å²) in [4.78, 5) is 8.57. The molecule has 1 aromatic carbocycles. The maximum Gasteiger partial charge on any atom is 0.160 e. The van der Waals surface area contributed by atoms with Crippen LogP contribution in [-0.2, 0) is 0 Å². The van der Waals surface area contributed by atoms with Crippen molar-refractivity contribution in [3.63, 3.8) is 0 Å². The van der Waals surface area contributed by atoms with Crippen molar-refractivity contribution in [3.8, 4) is 0 Å². The largest absolute Gasteiger partial charge is 0.237 e. The molecule has 2 heterocycles. The van der Waals surface area contributed by atoms with Crippen LogP contribution in [-0.4, -0.2) is 9.97 Å². The monoisotopic (exact) mass is 194 g/mol. The molecule has 3 rings (SSSR count).